The molecular weight excluding hydrogens is 206 g/mol. The molecule has 0 saturated heterocycles. The molecule has 78 valence electrons. The highest BCUT2D eigenvalue weighted by molar-refractivity contribution is 8.03. The van der Waals surface area contributed by atoms with Crippen LogP contribution < -0.4 is 5.32 Å². The highest BCUT2D eigenvalue weighted by Gasteiger charge is 2.08. The van der Waals surface area contributed by atoms with Gasteiger partial charge >= 0.3 is 0 Å². The number of Topliss-reactive ketones (excluding diaryl/α,β-unsaturated/α-hetero) is 1. The number of carbonyl (C=O) groups excluding carboxylic acids is 1. The van der Waals surface area contributed by atoms with E-state index in [0.717, 1.165) is 23.6 Å². The van der Waals surface area contributed by atoms with E-state index >= 15 is 0 Å². The number of ketones is 1. The average molecular weight is 219 g/mol. The van der Waals surface area contributed by atoms with Gasteiger partial charge in [-0.05, 0) is 6.42 Å². The van der Waals surface area contributed by atoms with Crippen LogP contribution in [0.1, 0.15) is 16.8 Å². The molecule has 3 heteroatoms. The molecule has 1 N–H and O–H groups in total. The smallest absolute Gasteiger partial charge is 0.173 e. The second-order valence-corrected chi connectivity index (χ2v) is 4.38. The van der Waals surface area contributed by atoms with E-state index < -0.39 is 0 Å². The number of nitrogens with one attached hydrogen (secondary N) is 1. The van der Waals surface area contributed by atoms with Gasteiger partial charge < -0.3 is 5.32 Å². The van der Waals surface area contributed by atoms with E-state index in [4.69, 9.17) is 0 Å². The van der Waals surface area contributed by atoms with Crippen LogP contribution in [-0.4, -0.2) is 18.1 Å². The summed E-state index contributed by atoms with van der Waals surface area (Å²) in [4.78, 5) is 11.7. The lowest BCUT2D eigenvalue weighted by atomic mass is 10.2. The second-order valence-electron chi connectivity index (χ2n) is 3.36. The van der Waals surface area contributed by atoms with Crippen LogP contribution in [0.3, 0.4) is 0 Å². The van der Waals surface area contributed by atoms with Crippen LogP contribution >= 0.6 is 11.8 Å². The highest BCUT2D eigenvalue weighted by atomic mass is 32.2. The molecule has 0 fully saturated rings. The summed E-state index contributed by atoms with van der Waals surface area (Å²) in [6.45, 7) is 1.00. The van der Waals surface area contributed by atoms with Crippen LogP contribution in [-0.2, 0) is 0 Å². The Morgan fingerprint density at radius 1 is 1.33 bits per heavy atom. The minimum atomic E-state index is 0.190. The molecule has 0 unspecified atom stereocenters. The highest BCUT2D eigenvalue weighted by Crippen LogP contribution is 2.18. The number of hydrogen-bond acceptors (Lipinski definition) is 3. The number of carbonyl (C=O) groups is 1. The zero-order chi connectivity index (χ0) is 10.5. The predicted molar refractivity (Wildman–Crippen MR) is 63.9 cm³/mol. The molecule has 0 radical (unpaired) electrons. The van der Waals surface area contributed by atoms with Crippen molar-refractivity contribution >= 4 is 17.5 Å². The summed E-state index contributed by atoms with van der Waals surface area (Å²) >= 11 is 1.59. The summed E-state index contributed by atoms with van der Waals surface area (Å²) in [5, 5.41) is 4.37. The zero-order valence-corrected chi connectivity index (χ0v) is 9.22. The number of thioether (sulfide) groups is 1. The Kier molecular flexibility index (Phi) is 3.45. The lowest BCUT2D eigenvalue weighted by Crippen LogP contribution is -2.08. The SMILES string of the molecule is O=C(CSC1=CCCN1)c1ccccc1. The van der Waals surface area contributed by atoms with E-state index in [9.17, 15) is 4.79 Å². The summed E-state index contributed by atoms with van der Waals surface area (Å²) in [6, 6.07) is 9.43. The Morgan fingerprint density at radius 2 is 2.13 bits per heavy atom. The van der Waals surface area contributed by atoms with E-state index in [1.165, 1.54) is 0 Å². The van der Waals surface area contributed by atoms with Gasteiger partial charge in [-0.25, -0.2) is 0 Å². The van der Waals surface area contributed by atoms with Crippen LogP contribution in [0.4, 0.5) is 0 Å². The molecule has 1 heterocycles. The van der Waals surface area contributed by atoms with Gasteiger partial charge in [-0.3, -0.25) is 4.79 Å². The summed E-state index contributed by atoms with van der Waals surface area (Å²) in [5.74, 6) is 0.707. The van der Waals surface area contributed by atoms with Gasteiger partial charge in [0.1, 0.15) is 0 Å². The van der Waals surface area contributed by atoms with Crippen molar-refractivity contribution < 1.29 is 4.79 Å². The maximum Gasteiger partial charge on any atom is 0.173 e. The van der Waals surface area contributed by atoms with Crippen LogP contribution in [0.25, 0.3) is 0 Å². The van der Waals surface area contributed by atoms with Gasteiger partial charge in [0, 0.05) is 12.1 Å². The van der Waals surface area contributed by atoms with Crippen molar-refractivity contribution in [1.29, 1.82) is 0 Å². The topological polar surface area (TPSA) is 29.1 Å². The molecule has 0 saturated carbocycles. The maximum atomic E-state index is 11.7. The zero-order valence-electron chi connectivity index (χ0n) is 8.40. The molecule has 2 rings (SSSR count). The standard InChI is InChI=1S/C12H13NOS/c14-11(10-5-2-1-3-6-10)9-15-12-7-4-8-13-12/h1-3,5-7,13H,4,8-9H2. The summed E-state index contributed by atoms with van der Waals surface area (Å²) in [7, 11) is 0. The van der Waals surface area contributed by atoms with Gasteiger partial charge in [-0.15, -0.1) is 11.8 Å². The molecule has 1 aliphatic rings. The first kappa shape index (κ1) is 10.3. The fourth-order valence-electron chi connectivity index (χ4n) is 1.43. The number of rotatable bonds is 4. The average Bonchev–Trinajstić information content (AvgIpc) is 2.80. The first-order valence-corrected chi connectivity index (χ1v) is 6.00. The van der Waals surface area contributed by atoms with Crippen LogP contribution in [0.2, 0.25) is 0 Å². The predicted octanol–water partition coefficient (Wildman–Crippen LogP) is 2.44. The normalized spacial score (nSPS) is 14.5. The van der Waals surface area contributed by atoms with Crippen LogP contribution in [0.5, 0.6) is 0 Å². The van der Waals surface area contributed by atoms with Crippen molar-refractivity contribution in [3.8, 4) is 0 Å². The number of benzene rings is 1. The summed E-state index contributed by atoms with van der Waals surface area (Å²) in [6.07, 6.45) is 3.21. The van der Waals surface area contributed by atoms with Crippen molar-refractivity contribution in [2.24, 2.45) is 0 Å². The first-order valence-electron chi connectivity index (χ1n) is 5.01. The van der Waals surface area contributed by atoms with Crippen molar-refractivity contribution in [3.05, 3.63) is 47.0 Å². The van der Waals surface area contributed by atoms with E-state index in [0.29, 0.717) is 5.75 Å². The third-order valence-corrected chi connectivity index (χ3v) is 3.26. The lowest BCUT2D eigenvalue weighted by Gasteiger charge is -2.03. The Hall–Kier alpha value is -1.22. The molecular formula is C12H13NOS. The third kappa shape index (κ3) is 2.86. The lowest BCUT2D eigenvalue weighted by molar-refractivity contribution is 0.102. The Bertz CT molecular complexity index is 372. The van der Waals surface area contributed by atoms with E-state index in [2.05, 4.69) is 11.4 Å². The van der Waals surface area contributed by atoms with Crippen LogP contribution in [0.15, 0.2) is 41.4 Å². The van der Waals surface area contributed by atoms with Gasteiger partial charge in [0.05, 0.1) is 10.8 Å². The largest absolute Gasteiger partial charge is 0.380 e. The first-order chi connectivity index (χ1) is 7.36. The number of hydrogen-bond donors (Lipinski definition) is 1. The molecule has 1 aromatic rings. The minimum Gasteiger partial charge on any atom is -0.380 e. The molecule has 0 aromatic heterocycles. The molecule has 0 atom stereocenters. The molecule has 2 nitrogen and oxygen atoms in total. The van der Waals surface area contributed by atoms with Crippen molar-refractivity contribution in [2.75, 3.05) is 12.3 Å². The van der Waals surface area contributed by atoms with Gasteiger partial charge in [-0.2, -0.15) is 0 Å². The molecule has 15 heavy (non-hydrogen) atoms. The molecule has 0 amide bonds. The molecule has 0 bridgehead atoms. The molecule has 1 aromatic carbocycles. The fourth-order valence-corrected chi connectivity index (χ4v) is 2.32. The van der Waals surface area contributed by atoms with Gasteiger partial charge in [0.15, 0.2) is 5.78 Å². The van der Waals surface area contributed by atoms with Gasteiger partial charge in [-0.1, -0.05) is 36.4 Å². The molecule has 1 aliphatic heterocycles. The van der Waals surface area contributed by atoms with Crippen LogP contribution in [0, 0.1) is 0 Å². The molecule has 0 spiro atoms. The quantitative estimate of drug-likeness (QED) is 0.789. The summed E-state index contributed by atoms with van der Waals surface area (Å²) in [5.41, 5.74) is 0.795. The van der Waals surface area contributed by atoms with E-state index in [-0.39, 0.29) is 5.78 Å². The van der Waals surface area contributed by atoms with Crippen molar-refractivity contribution in [2.45, 2.75) is 6.42 Å². The molecule has 0 aliphatic carbocycles. The third-order valence-electron chi connectivity index (χ3n) is 2.23. The summed E-state index contributed by atoms with van der Waals surface area (Å²) < 4.78 is 0. The van der Waals surface area contributed by atoms with Crippen molar-refractivity contribution in [3.63, 3.8) is 0 Å². The van der Waals surface area contributed by atoms with Crippen molar-refractivity contribution in [1.82, 2.24) is 5.32 Å². The minimum absolute atomic E-state index is 0.190. The van der Waals surface area contributed by atoms with Gasteiger partial charge in [0.2, 0.25) is 0 Å². The fraction of sp³-hybridized carbons (Fsp3) is 0.250. The van der Waals surface area contributed by atoms with Gasteiger partial charge in [0.25, 0.3) is 0 Å². The van der Waals surface area contributed by atoms with E-state index in [1.54, 1.807) is 11.8 Å². The van der Waals surface area contributed by atoms with E-state index in [1.807, 2.05) is 30.3 Å². The Balaban J connectivity index is 1.87. The Labute approximate surface area is 93.8 Å². The monoisotopic (exact) mass is 219 g/mol. The Morgan fingerprint density at radius 3 is 2.80 bits per heavy atom. The second kappa shape index (κ2) is 5.03. The maximum absolute atomic E-state index is 11.7.